The number of aryl methyl sites for hydroxylation is 1. The maximum absolute atomic E-state index is 11.6. The van der Waals surface area contributed by atoms with Crippen LogP contribution in [0.15, 0.2) is 0 Å². The zero-order valence-corrected chi connectivity index (χ0v) is 9.14. The SMILES string of the molecule is Cc1nc(NC(=O)C(C)(C)CCl)n[nH]1. The third-order valence-corrected chi connectivity index (χ3v) is 2.44. The number of amides is 1. The van der Waals surface area contributed by atoms with Crippen molar-refractivity contribution in [3.05, 3.63) is 5.82 Å². The fourth-order valence-electron chi connectivity index (χ4n) is 0.730. The van der Waals surface area contributed by atoms with Gasteiger partial charge in [-0.1, -0.05) is 0 Å². The molecule has 1 aromatic heterocycles. The van der Waals surface area contributed by atoms with Gasteiger partial charge in [0.05, 0.1) is 5.41 Å². The van der Waals surface area contributed by atoms with Gasteiger partial charge in [0.15, 0.2) is 0 Å². The van der Waals surface area contributed by atoms with Gasteiger partial charge < -0.3 is 0 Å². The molecule has 0 aliphatic rings. The van der Waals surface area contributed by atoms with Crippen LogP contribution in [0.2, 0.25) is 0 Å². The lowest BCUT2D eigenvalue weighted by Gasteiger charge is -2.18. The Kier molecular flexibility index (Phi) is 3.10. The van der Waals surface area contributed by atoms with Crippen LogP contribution in [0.3, 0.4) is 0 Å². The number of hydrogen-bond donors (Lipinski definition) is 2. The third kappa shape index (κ3) is 2.45. The number of aromatic nitrogens is 3. The number of nitrogens with zero attached hydrogens (tertiary/aromatic N) is 2. The van der Waals surface area contributed by atoms with Crippen LogP contribution in [-0.4, -0.2) is 27.0 Å². The van der Waals surface area contributed by atoms with Crippen molar-refractivity contribution in [2.24, 2.45) is 5.41 Å². The number of rotatable bonds is 3. The minimum absolute atomic E-state index is 0.188. The van der Waals surface area contributed by atoms with Crippen LogP contribution in [-0.2, 0) is 4.79 Å². The Hall–Kier alpha value is -1.10. The summed E-state index contributed by atoms with van der Waals surface area (Å²) in [6.45, 7) is 5.28. The van der Waals surface area contributed by atoms with E-state index in [1.807, 2.05) is 0 Å². The summed E-state index contributed by atoms with van der Waals surface area (Å²) >= 11 is 5.65. The number of anilines is 1. The third-order valence-electron chi connectivity index (χ3n) is 1.77. The van der Waals surface area contributed by atoms with Gasteiger partial charge in [-0.25, -0.2) is 0 Å². The predicted molar refractivity (Wildman–Crippen MR) is 54.3 cm³/mol. The highest BCUT2D eigenvalue weighted by atomic mass is 35.5. The summed E-state index contributed by atoms with van der Waals surface area (Å²) < 4.78 is 0. The smallest absolute Gasteiger partial charge is 0.248 e. The first-order valence-corrected chi connectivity index (χ1v) is 4.75. The van der Waals surface area contributed by atoms with Crippen molar-refractivity contribution in [2.45, 2.75) is 20.8 Å². The van der Waals surface area contributed by atoms with Crippen molar-refractivity contribution in [3.63, 3.8) is 0 Å². The molecule has 2 N–H and O–H groups in total. The lowest BCUT2D eigenvalue weighted by atomic mass is 9.95. The largest absolute Gasteiger partial charge is 0.293 e. The summed E-state index contributed by atoms with van der Waals surface area (Å²) in [6.07, 6.45) is 0. The number of aromatic amines is 1. The van der Waals surface area contributed by atoms with E-state index in [-0.39, 0.29) is 17.7 Å². The van der Waals surface area contributed by atoms with Crippen LogP contribution < -0.4 is 5.32 Å². The van der Waals surface area contributed by atoms with Crippen molar-refractivity contribution in [2.75, 3.05) is 11.2 Å². The molecule has 0 spiro atoms. The molecule has 5 nitrogen and oxygen atoms in total. The van der Waals surface area contributed by atoms with Crippen LogP contribution >= 0.6 is 11.6 Å². The molecule has 0 aliphatic carbocycles. The van der Waals surface area contributed by atoms with E-state index < -0.39 is 5.41 Å². The number of nitrogens with one attached hydrogen (secondary N) is 2. The molecular formula is C8H13ClN4O. The average Bonchev–Trinajstić information content (AvgIpc) is 2.51. The van der Waals surface area contributed by atoms with Gasteiger partial charge in [-0.3, -0.25) is 15.2 Å². The summed E-state index contributed by atoms with van der Waals surface area (Å²) in [7, 11) is 0. The molecule has 0 aliphatic heterocycles. The van der Waals surface area contributed by atoms with Crippen molar-refractivity contribution in [1.82, 2.24) is 15.2 Å². The van der Waals surface area contributed by atoms with Gasteiger partial charge in [-0.05, 0) is 20.8 Å². The minimum Gasteiger partial charge on any atom is -0.293 e. The molecule has 0 saturated carbocycles. The normalized spacial score (nSPS) is 11.4. The van der Waals surface area contributed by atoms with Crippen LogP contribution in [0.4, 0.5) is 5.95 Å². The Bertz CT molecular complexity index is 334. The molecule has 0 radical (unpaired) electrons. The van der Waals surface area contributed by atoms with Gasteiger partial charge in [0.1, 0.15) is 5.82 Å². The van der Waals surface area contributed by atoms with Gasteiger partial charge >= 0.3 is 0 Å². The number of hydrogen-bond acceptors (Lipinski definition) is 3. The zero-order valence-electron chi connectivity index (χ0n) is 8.39. The number of alkyl halides is 1. The van der Waals surface area contributed by atoms with E-state index in [1.165, 1.54) is 0 Å². The monoisotopic (exact) mass is 216 g/mol. The van der Waals surface area contributed by atoms with E-state index in [9.17, 15) is 4.79 Å². The highest BCUT2D eigenvalue weighted by Crippen LogP contribution is 2.18. The summed E-state index contributed by atoms with van der Waals surface area (Å²) in [4.78, 5) is 15.5. The van der Waals surface area contributed by atoms with E-state index >= 15 is 0 Å². The molecule has 14 heavy (non-hydrogen) atoms. The van der Waals surface area contributed by atoms with Crippen LogP contribution in [0, 0.1) is 12.3 Å². The van der Waals surface area contributed by atoms with Gasteiger partial charge in [0, 0.05) is 5.88 Å². The molecule has 1 heterocycles. The zero-order chi connectivity index (χ0) is 10.8. The van der Waals surface area contributed by atoms with Gasteiger partial charge in [0.25, 0.3) is 0 Å². The summed E-state index contributed by atoms with van der Waals surface area (Å²) in [5.41, 5.74) is -0.615. The average molecular weight is 217 g/mol. The first-order chi connectivity index (χ1) is 6.45. The van der Waals surface area contributed by atoms with Crippen molar-refractivity contribution in [3.8, 4) is 0 Å². The molecule has 0 bridgehead atoms. The Morgan fingerprint density at radius 1 is 1.64 bits per heavy atom. The van der Waals surface area contributed by atoms with Gasteiger partial charge in [-0.15, -0.1) is 16.7 Å². The van der Waals surface area contributed by atoms with E-state index in [2.05, 4.69) is 20.5 Å². The van der Waals surface area contributed by atoms with Crippen molar-refractivity contribution >= 4 is 23.5 Å². The van der Waals surface area contributed by atoms with E-state index in [0.29, 0.717) is 5.82 Å². The molecule has 0 aromatic carbocycles. The molecule has 0 atom stereocenters. The highest BCUT2D eigenvalue weighted by molar-refractivity contribution is 6.20. The van der Waals surface area contributed by atoms with Crippen LogP contribution in [0.5, 0.6) is 0 Å². The molecule has 0 unspecified atom stereocenters. The second kappa shape index (κ2) is 3.96. The van der Waals surface area contributed by atoms with E-state index in [1.54, 1.807) is 20.8 Å². The lowest BCUT2D eigenvalue weighted by molar-refractivity contribution is -0.123. The summed E-state index contributed by atoms with van der Waals surface area (Å²) in [5.74, 6) is 1.00. The molecule has 0 saturated heterocycles. The molecule has 78 valence electrons. The van der Waals surface area contributed by atoms with Gasteiger partial charge in [0.2, 0.25) is 11.9 Å². The quantitative estimate of drug-likeness (QED) is 0.749. The Labute approximate surface area is 87.3 Å². The first kappa shape index (κ1) is 11.0. The van der Waals surface area contributed by atoms with Crippen molar-refractivity contribution in [1.29, 1.82) is 0 Å². The maximum atomic E-state index is 11.6. The molecule has 1 rings (SSSR count). The lowest BCUT2D eigenvalue weighted by Crippen LogP contribution is -2.32. The molecule has 0 fully saturated rings. The minimum atomic E-state index is -0.615. The molecule has 1 amide bonds. The topological polar surface area (TPSA) is 70.7 Å². The number of H-pyrrole nitrogens is 1. The second-order valence-corrected chi connectivity index (χ2v) is 3.98. The highest BCUT2D eigenvalue weighted by Gasteiger charge is 2.27. The fraction of sp³-hybridized carbons (Fsp3) is 0.625. The number of halogens is 1. The first-order valence-electron chi connectivity index (χ1n) is 4.22. The fourth-order valence-corrected chi connectivity index (χ4v) is 0.851. The summed E-state index contributed by atoms with van der Waals surface area (Å²) in [6, 6.07) is 0. The maximum Gasteiger partial charge on any atom is 0.248 e. The van der Waals surface area contributed by atoms with E-state index in [0.717, 1.165) is 0 Å². The Morgan fingerprint density at radius 2 is 2.29 bits per heavy atom. The predicted octanol–water partition coefficient (Wildman–Crippen LogP) is 1.32. The van der Waals surface area contributed by atoms with E-state index in [4.69, 9.17) is 11.6 Å². The molecule has 1 aromatic rings. The van der Waals surface area contributed by atoms with Crippen LogP contribution in [0.1, 0.15) is 19.7 Å². The molecule has 6 heteroatoms. The van der Waals surface area contributed by atoms with Crippen molar-refractivity contribution < 1.29 is 4.79 Å². The number of carbonyl (C=O) groups is 1. The Morgan fingerprint density at radius 3 is 2.71 bits per heavy atom. The van der Waals surface area contributed by atoms with Gasteiger partial charge in [-0.2, -0.15) is 4.98 Å². The van der Waals surface area contributed by atoms with Crippen LogP contribution in [0.25, 0.3) is 0 Å². The molecular weight excluding hydrogens is 204 g/mol. The summed E-state index contributed by atoms with van der Waals surface area (Å²) in [5, 5.41) is 9.00. The Balaban J connectivity index is 2.66. The second-order valence-electron chi connectivity index (χ2n) is 3.72. The number of carbonyl (C=O) groups excluding carboxylic acids is 1. The standard InChI is InChI=1S/C8H13ClN4O/c1-5-10-7(13-12-5)11-6(14)8(2,3)4-9/h4H2,1-3H3,(H2,10,11,12,13,14).